The number of fused-ring (bicyclic) bond motifs is 2. The van der Waals surface area contributed by atoms with Gasteiger partial charge in [-0.1, -0.05) is 30.8 Å². The summed E-state index contributed by atoms with van der Waals surface area (Å²) in [6.45, 7) is 5.97. The van der Waals surface area contributed by atoms with E-state index < -0.39 is 0 Å². The zero-order valence-electron chi connectivity index (χ0n) is 17.3. The van der Waals surface area contributed by atoms with Gasteiger partial charge >= 0.3 is 0 Å². The van der Waals surface area contributed by atoms with E-state index in [-0.39, 0.29) is 11.9 Å². The quantitative estimate of drug-likeness (QED) is 0.660. The van der Waals surface area contributed by atoms with Crippen LogP contribution in [0.5, 0.6) is 0 Å². The SMILES string of the molecule is CCCNC(=O)c1ccc2c(c1)N(C(C)C[N+]1(C)C=CC=C1)c1ccccc1S2. The molecule has 2 aliphatic rings. The first-order valence-electron chi connectivity index (χ1n) is 10.2. The van der Waals surface area contributed by atoms with Crippen LogP contribution in [-0.2, 0) is 0 Å². The lowest BCUT2D eigenvalue weighted by atomic mass is 10.1. The maximum absolute atomic E-state index is 12.6. The number of carbonyl (C=O) groups is 1. The predicted molar refractivity (Wildman–Crippen MR) is 121 cm³/mol. The van der Waals surface area contributed by atoms with Gasteiger partial charge in [-0.15, -0.1) is 0 Å². The number of rotatable bonds is 6. The van der Waals surface area contributed by atoms with E-state index in [4.69, 9.17) is 0 Å². The molecule has 0 aliphatic carbocycles. The zero-order valence-corrected chi connectivity index (χ0v) is 18.1. The third-order valence-electron chi connectivity index (χ3n) is 5.42. The Morgan fingerprint density at radius 3 is 2.59 bits per heavy atom. The van der Waals surface area contributed by atoms with Gasteiger partial charge in [-0.2, -0.15) is 0 Å². The molecule has 0 saturated carbocycles. The van der Waals surface area contributed by atoms with Gasteiger partial charge in [0.15, 0.2) is 0 Å². The molecule has 0 radical (unpaired) electrons. The minimum atomic E-state index is -0.00415. The van der Waals surface area contributed by atoms with Crippen molar-refractivity contribution >= 4 is 29.0 Å². The first kappa shape index (κ1) is 19.8. The lowest BCUT2D eigenvalue weighted by molar-refractivity contribution is -0.804. The number of benzene rings is 2. The van der Waals surface area contributed by atoms with Gasteiger partial charge in [-0.05, 0) is 55.8 Å². The highest BCUT2D eigenvalue weighted by atomic mass is 32.2. The Bertz CT molecular complexity index is 970. The number of carbonyl (C=O) groups excluding carboxylic acids is 1. The van der Waals surface area contributed by atoms with Crippen LogP contribution in [0.2, 0.25) is 0 Å². The summed E-state index contributed by atoms with van der Waals surface area (Å²) in [7, 11) is 2.22. The number of hydrogen-bond acceptors (Lipinski definition) is 3. The maximum atomic E-state index is 12.6. The number of allylic oxidation sites excluding steroid dienone is 2. The van der Waals surface area contributed by atoms with Crippen molar-refractivity contribution in [3.63, 3.8) is 0 Å². The fraction of sp³-hybridized carbons (Fsp3) is 0.292. The Morgan fingerprint density at radius 2 is 1.83 bits per heavy atom. The van der Waals surface area contributed by atoms with Gasteiger partial charge < -0.3 is 10.2 Å². The number of nitrogens with zero attached hydrogens (tertiary/aromatic N) is 2. The Labute approximate surface area is 177 Å². The first-order valence-corrected chi connectivity index (χ1v) is 11.0. The standard InChI is InChI=1S/C24H27N3OS/c1-4-13-25-24(28)19-11-12-23-21(16-19)26(20-9-5-6-10-22(20)29-23)18(2)17-27(3)14-7-8-15-27/h5-12,14-16,18H,4,13,17H2,1-3H3/p+1. The van der Waals surface area contributed by atoms with Crippen molar-refractivity contribution in [2.45, 2.75) is 36.1 Å². The first-order chi connectivity index (χ1) is 14.0. The number of anilines is 2. The van der Waals surface area contributed by atoms with Crippen molar-refractivity contribution < 1.29 is 9.28 Å². The maximum Gasteiger partial charge on any atom is 0.251 e. The van der Waals surface area contributed by atoms with Crippen LogP contribution < -0.4 is 10.2 Å². The highest BCUT2D eigenvalue weighted by Gasteiger charge is 2.32. The van der Waals surface area contributed by atoms with Gasteiger partial charge in [0.2, 0.25) is 0 Å². The fourth-order valence-corrected chi connectivity index (χ4v) is 5.11. The van der Waals surface area contributed by atoms with Crippen molar-refractivity contribution in [2.75, 3.05) is 25.0 Å². The van der Waals surface area contributed by atoms with Crippen LogP contribution in [0.25, 0.3) is 0 Å². The van der Waals surface area contributed by atoms with Crippen LogP contribution in [0.4, 0.5) is 11.4 Å². The zero-order chi connectivity index (χ0) is 20.4. The Hall–Kier alpha value is -2.50. The normalized spacial score (nSPS) is 17.0. The molecule has 2 aromatic rings. The number of amides is 1. The largest absolute Gasteiger partial charge is 0.352 e. The van der Waals surface area contributed by atoms with Crippen LogP contribution in [0.15, 0.2) is 76.8 Å². The lowest BCUT2D eigenvalue weighted by Gasteiger charge is -2.39. The van der Waals surface area contributed by atoms with E-state index in [2.05, 4.69) is 92.1 Å². The van der Waals surface area contributed by atoms with E-state index in [1.807, 2.05) is 6.07 Å². The van der Waals surface area contributed by atoms with Gasteiger partial charge in [-0.25, -0.2) is 0 Å². The molecule has 1 N–H and O–H groups in total. The highest BCUT2D eigenvalue weighted by Crippen LogP contribution is 2.49. The molecule has 2 aromatic carbocycles. The molecule has 2 heterocycles. The molecule has 1 unspecified atom stereocenters. The molecule has 1 atom stereocenters. The number of likely N-dealkylation sites (N-methyl/N-ethyl adjacent to an activating group) is 1. The van der Waals surface area contributed by atoms with Gasteiger partial charge in [0.25, 0.3) is 5.91 Å². The molecule has 1 amide bonds. The molecular weight excluding hydrogens is 378 g/mol. The average Bonchev–Trinajstić information content (AvgIpc) is 3.15. The van der Waals surface area contributed by atoms with E-state index in [9.17, 15) is 4.79 Å². The van der Waals surface area contributed by atoms with E-state index in [1.165, 1.54) is 15.5 Å². The summed E-state index contributed by atoms with van der Waals surface area (Å²) in [5.41, 5.74) is 3.04. The minimum absolute atomic E-state index is 0.00415. The molecule has 29 heavy (non-hydrogen) atoms. The molecule has 5 heteroatoms. The van der Waals surface area contributed by atoms with E-state index >= 15 is 0 Å². The predicted octanol–water partition coefficient (Wildman–Crippen LogP) is 5.31. The smallest absolute Gasteiger partial charge is 0.251 e. The Morgan fingerprint density at radius 1 is 1.10 bits per heavy atom. The number of quaternary nitrogens is 1. The molecule has 4 nitrogen and oxygen atoms in total. The van der Waals surface area contributed by atoms with Crippen molar-refractivity contribution in [3.05, 3.63) is 72.6 Å². The van der Waals surface area contributed by atoms with Crippen LogP contribution in [0.1, 0.15) is 30.6 Å². The van der Waals surface area contributed by atoms with Gasteiger partial charge in [-0.3, -0.25) is 9.28 Å². The molecule has 4 rings (SSSR count). The number of nitrogens with one attached hydrogen (secondary N) is 1. The summed E-state index contributed by atoms with van der Waals surface area (Å²) in [5.74, 6) is -0.00415. The van der Waals surface area contributed by atoms with Crippen LogP contribution >= 0.6 is 11.8 Å². The molecule has 0 aromatic heterocycles. The second-order valence-corrected chi connectivity index (χ2v) is 9.02. The molecule has 0 bridgehead atoms. The summed E-state index contributed by atoms with van der Waals surface area (Å²) >= 11 is 1.78. The number of para-hydroxylation sites is 1. The molecule has 0 fully saturated rings. The number of hydrogen-bond donors (Lipinski definition) is 1. The molecule has 0 spiro atoms. The van der Waals surface area contributed by atoms with Crippen LogP contribution in [0.3, 0.4) is 0 Å². The molecule has 0 saturated heterocycles. The molecular formula is C24H28N3OS+. The van der Waals surface area contributed by atoms with E-state index in [0.29, 0.717) is 6.54 Å². The Kier molecular flexibility index (Phi) is 5.52. The summed E-state index contributed by atoms with van der Waals surface area (Å²) in [5, 5.41) is 3.00. The van der Waals surface area contributed by atoms with Gasteiger partial charge in [0, 0.05) is 21.9 Å². The van der Waals surface area contributed by atoms with Crippen molar-refractivity contribution in [3.8, 4) is 0 Å². The highest BCUT2D eigenvalue weighted by molar-refractivity contribution is 7.99. The third kappa shape index (κ3) is 3.98. The van der Waals surface area contributed by atoms with Crippen molar-refractivity contribution in [1.29, 1.82) is 0 Å². The second kappa shape index (κ2) is 8.09. The van der Waals surface area contributed by atoms with Gasteiger partial charge in [0.05, 0.1) is 24.5 Å². The topological polar surface area (TPSA) is 32.3 Å². The average molecular weight is 407 g/mol. The minimum Gasteiger partial charge on any atom is -0.352 e. The monoisotopic (exact) mass is 406 g/mol. The molecule has 150 valence electrons. The molecule has 2 aliphatic heterocycles. The summed E-state index contributed by atoms with van der Waals surface area (Å²) in [4.78, 5) is 17.4. The second-order valence-electron chi connectivity index (χ2n) is 7.94. The van der Waals surface area contributed by atoms with E-state index in [1.54, 1.807) is 11.8 Å². The van der Waals surface area contributed by atoms with Crippen molar-refractivity contribution in [1.82, 2.24) is 5.32 Å². The van der Waals surface area contributed by atoms with E-state index in [0.717, 1.165) is 28.7 Å². The lowest BCUT2D eigenvalue weighted by Crippen LogP contribution is -2.44. The van der Waals surface area contributed by atoms with Crippen molar-refractivity contribution in [2.24, 2.45) is 0 Å². The third-order valence-corrected chi connectivity index (χ3v) is 6.55. The summed E-state index contributed by atoms with van der Waals surface area (Å²) in [6.07, 6.45) is 9.58. The fourth-order valence-electron chi connectivity index (χ4n) is 4.05. The summed E-state index contributed by atoms with van der Waals surface area (Å²) in [6, 6.07) is 14.9. The summed E-state index contributed by atoms with van der Waals surface area (Å²) < 4.78 is 0.777. The van der Waals surface area contributed by atoms with Gasteiger partial charge in [0.1, 0.15) is 18.9 Å². The Balaban J connectivity index is 1.72. The van der Waals surface area contributed by atoms with Crippen LogP contribution in [-0.4, -0.2) is 36.6 Å². The van der Waals surface area contributed by atoms with Crippen LogP contribution in [0, 0.1) is 0 Å².